The summed E-state index contributed by atoms with van der Waals surface area (Å²) in [7, 11) is 0. The number of carbonyl (C=O) groups excluding carboxylic acids is 2. The Morgan fingerprint density at radius 1 is 1.11 bits per heavy atom. The fourth-order valence-electron chi connectivity index (χ4n) is 5.62. The van der Waals surface area contributed by atoms with Crippen molar-refractivity contribution in [3.05, 3.63) is 76.4 Å². The monoisotopic (exact) mass is 540 g/mol. The van der Waals surface area contributed by atoms with Crippen molar-refractivity contribution in [2.75, 3.05) is 19.6 Å². The lowest BCUT2D eigenvalue weighted by Crippen LogP contribution is -2.58. The molecule has 0 N–H and O–H groups in total. The average molecular weight is 541 g/mol. The van der Waals surface area contributed by atoms with E-state index in [4.69, 9.17) is 16.1 Å². The van der Waals surface area contributed by atoms with Crippen LogP contribution in [0.25, 0.3) is 11.3 Å². The molecule has 2 aliphatic rings. The summed E-state index contributed by atoms with van der Waals surface area (Å²) in [5.74, 6) is -0.876. The van der Waals surface area contributed by atoms with Crippen LogP contribution in [0.3, 0.4) is 0 Å². The zero-order valence-corrected chi connectivity index (χ0v) is 22.4. The first-order valence-electron chi connectivity index (χ1n) is 13.0. The molecule has 38 heavy (non-hydrogen) atoms. The maximum atomic E-state index is 14.2. The molecule has 0 atom stereocenters. The van der Waals surface area contributed by atoms with E-state index in [1.807, 2.05) is 38.1 Å². The number of ketones is 2. The molecule has 0 bridgehead atoms. The van der Waals surface area contributed by atoms with Crippen molar-refractivity contribution < 1.29 is 22.9 Å². The summed E-state index contributed by atoms with van der Waals surface area (Å²) < 4.78 is 32.7. The predicted molar refractivity (Wildman–Crippen MR) is 141 cm³/mol. The van der Waals surface area contributed by atoms with Gasteiger partial charge in [-0.15, -0.1) is 0 Å². The fourth-order valence-corrected chi connectivity index (χ4v) is 5.81. The lowest BCUT2D eigenvalue weighted by atomic mass is 9.69. The van der Waals surface area contributed by atoms with Crippen LogP contribution in [0.5, 0.6) is 0 Å². The van der Waals surface area contributed by atoms with E-state index in [0.717, 1.165) is 24.2 Å². The largest absolute Gasteiger partial charge is 0.355 e. The first-order chi connectivity index (χ1) is 18.0. The second kappa shape index (κ2) is 10.3. The van der Waals surface area contributed by atoms with Gasteiger partial charge in [0.15, 0.2) is 11.5 Å². The van der Waals surface area contributed by atoms with Gasteiger partial charge in [-0.1, -0.05) is 42.7 Å². The first-order valence-corrected chi connectivity index (χ1v) is 13.4. The van der Waals surface area contributed by atoms with Gasteiger partial charge in [-0.2, -0.15) is 0 Å². The minimum absolute atomic E-state index is 0.0327. The van der Waals surface area contributed by atoms with Crippen molar-refractivity contribution in [3.8, 4) is 11.3 Å². The van der Waals surface area contributed by atoms with E-state index in [9.17, 15) is 18.4 Å². The van der Waals surface area contributed by atoms with Crippen molar-refractivity contribution in [1.29, 1.82) is 0 Å². The molecule has 2 fully saturated rings. The summed E-state index contributed by atoms with van der Waals surface area (Å²) in [5, 5.41) is 4.50. The molecule has 8 heteroatoms. The highest BCUT2D eigenvalue weighted by Crippen LogP contribution is 2.43. The minimum Gasteiger partial charge on any atom is -0.355 e. The third kappa shape index (κ3) is 6.05. The lowest BCUT2D eigenvalue weighted by molar-refractivity contribution is -0.126. The van der Waals surface area contributed by atoms with Crippen molar-refractivity contribution in [1.82, 2.24) is 10.1 Å². The Bertz CT molecular complexity index is 1360. The number of nitrogens with zero attached hydrogens (tertiary/aromatic N) is 2. The SMILES string of the molecule is CC(C)(CC(=O)CC1(CC(=O)c2cc(-c3ccc(F)cc3F)on2)CN(CC2CC2)C1)c1cccc(Cl)c1. The Morgan fingerprint density at radius 3 is 2.55 bits per heavy atom. The molecule has 1 aliphatic carbocycles. The number of hydrogen-bond donors (Lipinski definition) is 0. The maximum absolute atomic E-state index is 14.2. The Hall–Kier alpha value is -2.90. The van der Waals surface area contributed by atoms with E-state index in [1.54, 1.807) is 0 Å². The van der Waals surface area contributed by atoms with E-state index < -0.39 is 22.5 Å². The molecular formula is C30H31ClF2N2O3. The number of halogens is 3. The maximum Gasteiger partial charge on any atom is 0.185 e. The van der Waals surface area contributed by atoms with Crippen LogP contribution < -0.4 is 0 Å². The standard InChI is InChI=1S/C30H31ClF2N2O3/c1-29(2,20-4-3-5-21(31)10-20)13-23(36)14-30(17-35(18-30)16-19-6-7-19)15-27(37)26-12-28(38-34-26)24-9-8-22(32)11-25(24)33/h3-5,8-12,19H,6-7,13-18H2,1-2H3. The topological polar surface area (TPSA) is 63.4 Å². The fraction of sp³-hybridized carbons (Fsp3) is 0.433. The third-order valence-electron chi connectivity index (χ3n) is 7.68. The molecule has 3 aromatic rings. The average Bonchev–Trinajstić information content (AvgIpc) is 3.50. The quantitative estimate of drug-likeness (QED) is 0.248. The van der Waals surface area contributed by atoms with Crippen LogP contribution in [-0.2, 0) is 10.2 Å². The van der Waals surface area contributed by atoms with Gasteiger partial charge in [-0.05, 0) is 54.0 Å². The van der Waals surface area contributed by atoms with E-state index >= 15 is 0 Å². The van der Waals surface area contributed by atoms with Crippen molar-refractivity contribution in [3.63, 3.8) is 0 Å². The summed E-state index contributed by atoms with van der Waals surface area (Å²) in [5.41, 5.74) is 0.231. The highest BCUT2D eigenvalue weighted by atomic mass is 35.5. The minimum atomic E-state index is -0.792. The van der Waals surface area contributed by atoms with Crippen LogP contribution in [0.4, 0.5) is 8.78 Å². The van der Waals surface area contributed by atoms with Crippen molar-refractivity contribution >= 4 is 23.2 Å². The summed E-state index contributed by atoms with van der Waals surface area (Å²) in [6, 6.07) is 12.1. The van der Waals surface area contributed by atoms with Gasteiger partial charge in [0, 0.05) is 61.5 Å². The summed E-state index contributed by atoms with van der Waals surface area (Å²) in [6.45, 7) is 6.40. The Balaban J connectivity index is 1.29. The highest BCUT2D eigenvalue weighted by molar-refractivity contribution is 6.30. The molecule has 0 amide bonds. The van der Waals surface area contributed by atoms with Gasteiger partial charge >= 0.3 is 0 Å². The highest BCUT2D eigenvalue weighted by Gasteiger charge is 2.47. The molecule has 0 radical (unpaired) electrons. The zero-order chi connectivity index (χ0) is 27.1. The molecule has 1 aromatic heterocycles. The van der Waals surface area contributed by atoms with Gasteiger partial charge in [0.05, 0.1) is 5.56 Å². The first kappa shape index (κ1) is 26.7. The van der Waals surface area contributed by atoms with Crippen LogP contribution >= 0.6 is 11.6 Å². The second-order valence-corrected chi connectivity index (χ2v) is 12.1. The number of aromatic nitrogens is 1. The van der Waals surface area contributed by atoms with Gasteiger partial charge in [0.1, 0.15) is 23.1 Å². The zero-order valence-electron chi connectivity index (χ0n) is 21.6. The molecule has 200 valence electrons. The van der Waals surface area contributed by atoms with E-state index in [0.29, 0.717) is 36.9 Å². The van der Waals surface area contributed by atoms with Gasteiger partial charge in [-0.25, -0.2) is 8.78 Å². The normalized spacial score (nSPS) is 17.3. The van der Waals surface area contributed by atoms with Crippen molar-refractivity contribution in [2.24, 2.45) is 11.3 Å². The molecule has 1 saturated heterocycles. The third-order valence-corrected chi connectivity index (χ3v) is 7.91. The summed E-state index contributed by atoms with van der Waals surface area (Å²) >= 11 is 6.18. The predicted octanol–water partition coefficient (Wildman–Crippen LogP) is 6.89. The number of likely N-dealkylation sites (tertiary alicyclic amines) is 1. The lowest BCUT2D eigenvalue weighted by Gasteiger charge is -2.50. The van der Waals surface area contributed by atoms with Gasteiger partial charge in [-0.3, -0.25) is 9.59 Å². The van der Waals surface area contributed by atoms with E-state index in [1.165, 1.54) is 25.0 Å². The number of hydrogen-bond acceptors (Lipinski definition) is 5. The molecule has 2 heterocycles. The van der Waals surface area contributed by atoms with Gasteiger partial charge in [0.25, 0.3) is 0 Å². The van der Waals surface area contributed by atoms with Crippen LogP contribution in [-0.4, -0.2) is 41.3 Å². The van der Waals surface area contributed by atoms with Crippen LogP contribution in [0.15, 0.2) is 53.1 Å². The van der Waals surface area contributed by atoms with Gasteiger partial charge < -0.3 is 9.42 Å². The molecule has 0 spiro atoms. The van der Waals surface area contributed by atoms with Crippen molar-refractivity contribution in [2.45, 2.75) is 51.4 Å². The van der Waals surface area contributed by atoms with E-state index in [2.05, 4.69) is 10.1 Å². The molecule has 1 saturated carbocycles. The van der Waals surface area contributed by atoms with Crippen LogP contribution in [0.2, 0.25) is 5.02 Å². The second-order valence-electron chi connectivity index (χ2n) is 11.7. The summed E-state index contributed by atoms with van der Waals surface area (Å²) in [6.07, 6.45) is 3.24. The number of Topliss-reactive ketones (excluding diaryl/α,β-unsaturated/α-hetero) is 2. The van der Waals surface area contributed by atoms with Crippen LogP contribution in [0, 0.1) is 23.0 Å². The molecule has 5 rings (SSSR count). The smallest absolute Gasteiger partial charge is 0.185 e. The summed E-state index contributed by atoms with van der Waals surface area (Å²) in [4.78, 5) is 29.0. The Kier molecular flexibility index (Phi) is 7.27. The molecule has 2 aromatic carbocycles. The Morgan fingerprint density at radius 2 is 1.87 bits per heavy atom. The van der Waals surface area contributed by atoms with Crippen LogP contribution in [0.1, 0.15) is 62.0 Å². The molecule has 1 aliphatic heterocycles. The van der Waals surface area contributed by atoms with E-state index in [-0.39, 0.29) is 35.0 Å². The Labute approximate surface area is 226 Å². The molecule has 0 unspecified atom stereocenters. The number of benzene rings is 2. The molecular weight excluding hydrogens is 510 g/mol. The number of carbonyl (C=O) groups is 2. The van der Waals surface area contributed by atoms with Gasteiger partial charge in [0.2, 0.25) is 0 Å². The number of rotatable bonds is 11. The molecule has 5 nitrogen and oxygen atoms in total.